The van der Waals surface area contributed by atoms with Crippen LogP contribution in [-0.4, -0.2) is 70.2 Å². The van der Waals surface area contributed by atoms with Crippen LogP contribution in [0.4, 0.5) is 0 Å². The van der Waals surface area contributed by atoms with Crippen LogP contribution in [0.5, 0.6) is 0 Å². The molecule has 3 atom stereocenters. The summed E-state index contributed by atoms with van der Waals surface area (Å²) in [6.07, 6.45) is 1.16. The summed E-state index contributed by atoms with van der Waals surface area (Å²) in [6, 6.07) is 1.70. The predicted octanol–water partition coefficient (Wildman–Crippen LogP) is 0.165. The SMILES string of the molecule is CCn1nc(C(=O)N[C@@H]2CC[C@@H](N3CCOCC3)[C@@H]2O)cc1C. The van der Waals surface area contributed by atoms with E-state index in [9.17, 15) is 9.90 Å². The highest BCUT2D eigenvalue weighted by atomic mass is 16.5. The lowest BCUT2D eigenvalue weighted by Gasteiger charge is -2.34. The lowest BCUT2D eigenvalue weighted by molar-refractivity contribution is -0.0154. The number of aromatic nitrogens is 2. The van der Waals surface area contributed by atoms with Gasteiger partial charge in [0.1, 0.15) is 5.69 Å². The smallest absolute Gasteiger partial charge is 0.272 e. The van der Waals surface area contributed by atoms with Gasteiger partial charge in [0.2, 0.25) is 0 Å². The van der Waals surface area contributed by atoms with Crippen molar-refractivity contribution in [2.75, 3.05) is 26.3 Å². The third kappa shape index (κ3) is 3.41. The van der Waals surface area contributed by atoms with Gasteiger partial charge in [-0.1, -0.05) is 0 Å². The Balaban J connectivity index is 1.60. The summed E-state index contributed by atoms with van der Waals surface area (Å²) in [7, 11) is 0. The average molecular weight is 322 g/mol. The zero-order valence-corrected chi connectivity index (χ0v) is 13.9. The van der Waals surface area contributed by atoms with Crippen LogP contribution < -0.4 is 5.32 Å². The van der Waals surface area contributed by atoms with Gasteiger partial charge in [0.05, 0.1) is 25.4 Å². The number of nitrogens with one attached hydrogen (secondary N) is 1. The zero-order valence-electron chi connectivity index (χ0n) is 13.9. The van der Waals surface area contributed by atoms with E-state index in [1.54, 1.807) is 10.7 Å². The minimum Gasteiger partial charge on any atom is -0.389 e. The Morgan fingerprint density at radius 2 is 2.17 bits per heavy atom. The fourth-order valence-electron chi connectivity index (χ4n) is 3.61. The number of carbonyl (C=O) groups is 1. The molecular weight excluding hydrogens is 296 g/mol. The summed E-state index contributed by atoms with van der Waals surface area (Å²) >= 11 is 0. The van der Waals surface area contributed by atoms with Gasteiger partial charge < -0.3 is 15.2 Å². The van der Waals surface area contributed by atoms with E-state index in [1.807, 2.05) is 13.8 Å². The number of hydrogen-bond acceptors (Lipinski definition) is 5. The molecule has 3 rings (SSSR count). The first-order valence-electron chi connectivity index (χ1n) is 8.45. The number of carbonyl (C=O) groups excluding carboxylic acids is 1. The van der Waals surface area contributed by atoms with Gasteiger partial charge in [-0.2, -0.15) is 5.10 Å². The number of ether oxygens (including phenoxy) is 1. The van der Waals surface area contributed by atoms with E-state index >= 15 is 0 Å². The molecular formula is C16H26N4O3. The Morgan fingerprint density at radius 1 is 1.43 bits per heavy atom. The Labute approximate surface area is 136 Å². The summed E-state index contributed by atoms with van der Waals surface area (Å²) in [5, 5.41) is 17.8. The Bertz CT molecular complexity index is 554. The maximum atomic E-state index is 12.4. The molecule has 0 spiro atoms. The fourth-order valence-corrected chi connectivity index (χ4v) is 3.61. The fraction of sp³-hybridized carbons (Fsp3) is 0.750. The van der Waals surface area contributed by atoms with Crippen LogP contribution >= 0.6 is 0 Å². The van der Waals surface area contributed by atoms with Crippen molar-refractivity contribution in [2.45, 2.75) is 51.4 Å². The van der Waals surface area contributed by atoms with E-state index in [0.29, 0.717) is 18.9 Å². The molecule has 7 nitrogen and oxygen atoms in total. The van der Waals surface area contributed by atoms with Crippen LogP contribution in [0.15, 0.2) is 6.07 Å². The van der Waals surface area contributed by atoms with Crippen molar-refractivity contribution in [3.05, 3.63) is 17.5 Å². The second-order valence-electron chi connectivity index (χ2n) is 6.35. The van der Waals surface area contributed by atoms with Gasteiger partial charge in [0.25, 0.3) is 5.91 Å². The molecule has 2 heterocycles. The van der Waals surface area contributed by atoms with Crippen LogP contribution in [0.1, 0.15) is 35.9 Å². The van der Waals surface area contributed by atoms with E-state index < -0.39 is 6.10 Å². The monoisotopic (exact) mass is 322 g/mol. The molecule has 0 bridgehead atoms. The molecule has 0 unspecified atom stereocenters. The van der Waals surface area contributed by atoms with Crippen LogP contribution in [0.3, 0.4) is 0 Å². The highest BCUT2D eigenvalue weighted by Gasteiger charge is 2.39. The maximum absolute atomic E-state index is 12.4. The second-order valence-corrected chi connectivity index (χ2v) is 6.35. The number of amides is 1. The largest absolute Gasteiger partial charge is 0.389 e. The summed E-state index contributed by atoms with van der Waals surface area (Å²) < 4.78 is 7.17. The molecule has 1 aromatic heterocycles. The number of aliphatic hydroxyl groups excluding tert-OH is 1. The number of rotatable bonds is 4. The van der Waals surface area contributed by atoms with Gasteiger partial charge in [-0.25, -0.2) is 0 Å². The Kier molecular flexibility index (Phi) is 4.99. The van der Waals surface area contributed by atoms with Crippen LogP contribution in [0.2, 0.25) is 0 Å². The predicted molar refractivity (Wildman–Crippen MR) is 85.3 cm³/mol. The molecule has 128 valence electrons. The van der Waals surface area contributed by atoms with E-state index in [0.717, 1.165) is 38.2 Å². The zero-order chi connectivity index (χ0) is 16.4. The molecule has 23 heavy (non-hydrogen) atoms. The van der Waals surface area contributed by atoms with E-state index in [-0.39, 0.29) is 18.0 Å². The molecule has 0 aromatic carbocycles. The molecule has 2 N–H and O–H groups in total. The van der Waals surface area contributed by atoms with E-state index in [2.05, 4.69) is 15.3 Å². The molecule has 1 amide bonds. The quantitative estimate of drug-likeness (QED) is 0.826. The lowest BCUT2D eigenvalue weighted by atomic mass is 10.1. The molecule has 1 saturated carbocycles. The Morgan fingerprint density at radius 3 is 2.83 bits per heavy atom. The molecule has 2 fully saturated rings. The molecule has 1 aromatic rings. The minimum atomic E-state index is -0.536. The van der Waals surface area contributed by atoms with Crippen LogP contribution in [0, 0.1) is 6.92 Å². The molecule has 1 saturated heterocycles. The van der Waals surface area contributed by atoms with E-state index in [4.69, 9.17) is 4.74 Å². The number of nitrogens with zero attached hydrogens (tertiary/aromatic N) is 3. The number of morpholine rings is 1. The van der Waals surface area contributed by atoms with Crippen molar-refractivity contribution in [1.82, 2.24) is 20.0 Å². The topological polar surface area (TPSA) is 79.6 Å². The van der Waals surface area contributed by atoms with Crippen LogP contribution in [-0.2, 0) is 11.3 Å². The molecule has 1 aliphatic carbocycles. The summed E-state index contributed by atoms with van der Waals surface area (Å²) in [5.41, 5.74) is 1.39. The molecule has 2 aliphatic rings. The highest BCUT2D eigenvalue weighted by molar-refractivity contribution is 5.92. The first-order chi connectivity index (χ1) is 11.1. The third-order valence-corrected chi connectivity index (χ3v) is 4.92. The number of aryl methyl sites for hydroxylation is 2. The normalized spacial score (nSPS) is 28.9. The minimum absolute atomic E-state index is 0.110. The van der Waals surface area contributed by atoms with Gasteiger partial charge >= 0.3 is 0 Å². The van der Waals surface area contributed by atoms with Gasteiger partial charge in [0.15, 0.2) is 0 Å². The van der Waals surface area contributed by atoms with Crippen molar-refractivity contribution in [1.29, 1.82) is 0 Å². The van der Waals surface area contributed by atoms with Crippen molar-refractivity contribution in [3.8, 4) is 0 Å². The Hall–Kier alpha value is -1.44. The second kappa shape index (κ2) is 6.98. The van der Waals surface area contributed by atoms with Crippen molar-refractivity contribution < 1.29 is 14.6 Å². The molecule has 1 aliphatic heterocycles. The molecule has 0 radical (unpaired) electrons. The highest BCUT2D eigenvalue weighted by Crippen LogP contribution is 2.26. The van der Waals surface area contributed by atoms with Crippen molar-refractivity contribution in [3.63, 3.8) is 0 Å². The van der Waals surface area contributed by atoms with Gasteiger partial charge in [0, 0.05) is 31.4 Å². The first kappa shape index (κ1) is 16.4. The maximum Gasteiger partial charge on any atom is 0.272 e. The number of hydrogen-bond donors (Lipinski definition) is 2. The summed E-state index contributed by atoms with van der Waals surface area (Å²) in [6.45, 7) is 7.80. The average Bonchev–Trinajstić information content (AvgIpc) is 3.12. The van der Waals surface area contributed by atoms with Gasteiger partial charge in [-0.05, 0) is 32.8 Å². The molecule has 7 heteroatoms. The lowest BCUT2D eigenvalue weighted by Crippen LogP contribution is -2.51. The van der Waals surface area contributed by atoms with Crippen LogP contribution in [0.25, 0.3) is 0 Å². The van der Waals surface area contributed by atoms with Gasteiger partial charge in [-0.15, -0.1) is 0 Å². The standard InChI is InChI=1S/C16H26N4O3/c1-3-20-11(2)10-13(18-20)16(22)17-12-4-5-14(15(12)21)19-6-8-23-9-7-19/h10,12,14-15,21H,3-9H2,1-2H3,(H,17,22)/t12-,14-,15-/m1/s1. The summed E-state index contributed by atoms with van der Waals surface area (Å²) in [4.78, 5) is 14.7. The van der Waals surface area contributed by atoms with Gasteiger partial charge in [-0.3, -0.25) is 14.4 Å². The summed E-state index contributed by atoms with van der Waals surface area (Å²) in [5.74, 6) is -0.202. The van der Waals surface area contributed by atoms with Crippen molar-refractivity contribution in [2.24, 2.45) is 0 Å². The first-order valence-corrected chi connectivity index (χ1v) is 8.45. The van der Waals surface area contributed by atoms with Crippen molar-refractivity contribution >= 4 is 5.91 Å². The van der Waals surface area contributed by atoms with E-state index in [1.165, 1.54) is 0 Å². The third-order valence-electron chi connectivity index (χ3n) is 4.92. The number of aliphatic hydroxyl groups is 1.